The highest BCUT2D eigenvalue weighted by molar-refractivity contribution is 7.98. The fraction of sp³-hybridized carbons (Fsp3) is 0.160. The molecule has 0 spiro atoms. The lowest BCUT2D eigenvalue weighted by Gasteiger charge is -2.19. The van der Waals surface area contributed by atoms with Crippen LogP contribution >= 0.6 is 23.1 Å². The van der Waals surface area contributed by atoms with Crippen LogP contribution in [0.15, 0.2) is 65.3 Å². The second kappa shape index (κ2) is 11.9. The van der Waals surface area contributed by atoms with E-state index in [9.17, 15) is 23.5 Å². The Kier molecular flexibility index (Phi) is 8.41. The summed E-state index contributed by atoms with van der Waals surface area (Å²) < 4.78 is 33.1. The van der Waals surface area contributed by atoms with E-state index >= 15 is 0 Å². The van der Waals surface area contributed by atoms with Crippen LogP contribution in [0.3, 0.4) is 0 Å². The van der Waals surface area contributed by atoms with Gasteiger partial charge in [-0.2, -0.15) is 0 Å². The minimum absolute atomic E-state index is 0.000427. The predicted molar refractivity (Wildman–Crippen MR) is 134 cm³/mol. The molecule has 0 aliphatic heterocycles. The van der Waals surface area contributed by atoms with Crippen molar-refractivity contribution in [1.29, 1.82) is 0 Å². The van der Waals surface area contributed by atoms with Crippen molar-refractivity contribution in [3.05, 3.63) is 88.4 Å². The molecule has 1 N–H and O–H groups in total. The van der Waals surface area contributed by atoms with Crippen LogP contribution in [0.25, 0.3) is 11.1 Å². The number of hydrogen-bond acceptors (Lipinski definition) is 8. The highest BCUT2D eigenvalue weighted by Crippen LogP contribution is 2.33. The summed E-state index contributed by atoms with van der Waals surface area (Å²) in [5, 5.41) is 11.3. The molecule has 8 nitrogen and oxygen atoms in total. The van der Waals surface area contributed by atoms with Gasteiger partial charge in [-0.1, -0.05) is 12.1 Å². The van der Waals surface area contributed by atoms with Crippen molar-refractivity contribution in [1.82, 2.24) is 19.9 Å². The Hall–Kier alpha value is -3.90. The molecule has 2 aromatic heterocycles. The van der Waals surface area contributed by atoms with Crippen molar-refractivity contribution < 1.29 is 28.2 Å². The number of carbonyl (C=O) groups is 2. The number of thiazole rings is 1. The molecule has 0 bridgehead atoms. The van der Waals surface area contributed by atoms with Gasteiger partial charge < -0.3 is 14.7 Å². The van der Waals surface area contributed by atoms with Gasteiger partial charge in [0.15, 0.2) is 11.6 Å². The van der Waals surface area contributed by atoms with Gasteiger partial charge in [0, 0.05) is 16.5 Å². The molecule has 0 saturated heterocycles. The molecule has 0 atom stereocenters. The lowest BCUT2D eigenvalue weighted by Crippen LogP contribution is -2.35. The van der Waals surface area contributed by atoms with Crippen molar-refractivity contribution in [3.8, 4) is 16.9 Å². The number of carboxylic acids is 1. The molecule has 4 rings (SSSR count). The normalized spacial score (nSPS) is 10.8. The first-order valence-electron chi connectivity index (χ1n) is 10.8. The number of carbonyl (C=O) groups excluding carboxylic acids is 1. The van der Waals surface area contributed by atoms with Gasteiger partial charge in [-0.25, -0.2) is 23.7 Å². The first kappa shape index (κ1) is 26.2. The number of thioether (sulfide) groups is 1. The Morgan fingerprint density at radius 3 is 2.57 bits per heavy atom. The van der Waals surface area contributed by atoms with Crippen LogP contribution in [-0.2, 0) is 17.9 Å². The first-order valence-corrected chi connectivity index (χ1v) is 12.9. The summed E-state index contributed by atoms with van der Waals surface area (Å²) in [7, 11) is 0. The predicted octanol–water partition coefficient (Wildman–Crippen LogP) is 4.91. The minimum Gasteiger partial charge on any atom is -0.486 e. The molecule has 1 amide bonds. The van der Waals surface area contributed by atoms with E-state index in [1.54, 1.807) is 42.0 Å². The van der Waals surface area contributed by atoms with E-state index in [0.717, 1.165) is 4.90 Å². The Morgan fingerprint density at radius 1 is 1.14 bits per heavy atom. The highest BCUT2D eigenvalue weighted by Gasteiger charge is 2.22. The van der Waals surface area contributed by atoms with E-state index in [4.69, 9.17) is 4.74 Å². The zero-order chi connectivity index (χ0) is 26.4. The number of ether oxygens (including phenoxy) is 1. The standard InChI is InChI=1S/C25H20F2N4O4S2/c1-36-22-9-20(27)19(26)8-18(22)15-2-4-17(5-3-15)35-12-23-30-21(13-37-23)25(34)31(11-24(32)33)10-16-6-7-28-14-29-16/h2-9,13-14H,10-12H2,1H3,(H,32,33). The Balaban J connectivity index is 1.41. The quantitative estimate of drug-likeness (QED) is 0.282. The zero-order valence-corrected chi connectivity index (χ0v) is 21.1. The van der Waals surface area contributed by atoms with Gasteiger partial charge in [-0.3, -0.25) is 9.59 Å². The first-order chi connectivity index (χ1) is 17.8. The molecule has 0 fully saturated rings. The maximum absolute atomic E-state index is 13.8. The Bertz CT molecular complexity index is 1400. The number of amides is 1. The number of aromatic nitrogens is 3. The number of carboxylic acid groups (broad SMARTS) is 1. The smallest absolute Gasteiger partial charge is 0.323 e. The summed E-state index contributed by atoms with van der Waals surface area (Å²) >= 11 is 2.53. The molecule has 0 aliphatic carbocycles. The average Bonchev–Trinajstić information content (AvgIpc) is 3.38. The van der Waals surface area contributed by atoms with Crippen molar-refractivity contribution >= 4 is 35.0 Å². The molecule has 0 unspecified atom stereocenters. The van der Waals surface area contributed by atoms with E-state index in [0.29, 0.717) is 32.5 Å². The summed E-state index contributed by atoms with van der Waals surface area (Å²) in [5.41, 5.74) is 1.89. The van der Waals surface area contributed by atoms with Crippen LogP contribution in [0.2, 0.25) is 0 Å². The number of benzene rings is 2. The van der Waals surface area contributed by atoms with E-state index < -0.39 is 30.1 Å². The summed E-state index contributed by atoms with van der Waals surface area (Å²) in [6.45, 7) is -0.419. The van der Waals surface area contributed by atoms with Crippen LogP contribution in [0.5, 0.6) is 5.75 Å². The molecule has 12 heteroatoms. The van der Waals surface area contributed by atoms with Crippen molar-refractivity contribution in [2.75, 3.05) is 12.8 Å². The van der Waals surface area contributed by atoms with Crippen LogP contribution in [-0.4, -0.2) is 49.6 Å². The molecular formula is C25H20F2N4O4S2. The SMILES string of the molecule is CSc1cc(F)c(F)cc1-c1ccc(OCc2nc(C(=O)N(CC(=O)O)Cc3ccncn3)cs2)cc1. The third-order valence-electron chi connectivity index (χ3n) is 5.15. The molecule has 2 aromatic carbocycles. The van der Waals surface area contributed by atoms with Gasteiger partial charge in [0.1, 0.15) is 35.9 Å². The summed E-state index contributed by atoms with van der Waals surface area (Å²) in [6.07, 6.45) is 4.62. The van der Waals surface area contributed by atoms with Crippen molar-refractivity contribution in [3.63, 3.8) is 0 Å². The molecule has 4 aromatic rings. The molecule has 37 heavy (non-hydrogen) atoms. The lowest BCUT2D eigenvalue weighted by atomic mass is 10.1. The van der Waals surface area contributed by atoms with Gasteiger partial charge in [-0.15, -0.1) is 23.1 Å². The van der Waals surface area contributed by atoms with Gasteiger partial charge in [0.2, 0.25) is 0 Å². The topological polar surface area (TPSA) is 106 Å². The van der Waals surface area contributed by atoms with E-state index in [1.165, 1.54) is 47.8 Å². The van der Waals surface area contributed by atoms with Gasteiger partial charge in [0.25, 0.3) is 5.91 Å². The molecule has 190 valence electrons. The maximum Gasteiger partial charge on any atom is 0.323 e. The molecule has 0 radical (unpaired) electrons. The lowest BCUT2D eigenvalue weighted by molar-refractivity contribution is -0.137. The fourth-order valence-electron chi connectivity index (χ4n) is 3.41. The Labute approximate surface area is 219 Å². The van der Waals surface area contributed by atoms with Gasteiger partial charge in [-0.05, 0) is 47.7 Å². The third kappa shape index (κ3) is 6.66. The molecule has 0 aliphatic rings. The van der Waals surface area contributed by atoms with Crippen LogP contribution in [0.4, 0.5) is 8.78 Å². The summed E-state index contributed by atoms with van der Waals surface area (Å²) in [4.78, 5) is 38.1. The van der Waals surface area contributed by atoms with Crippen molar-refractivity contribution in [2.24, 2.45) is 0 Å². The fourth-order valence-corrected chi connectivity index (χ4v) is 4.70. The number of rotatable bonds is 10. The molecule has 0 saturated carbocycles. The summed E-state index contributed by atoms with van der Waals surface area (Å²) in [5.74, 6) is -2.98. The Morgan fingerprint density at radius 2 is 1.89 bits per heavy atom. The largest absolute Gasteiger partial charge is 0.486 e. The minimum atomic E-state index is -1.15. The molecule has 2 heterocycles. The number of hydrogen-bond donors (Lipinski definition) is 1. The van der Waals surface area contributed by atoms with Crippen LogP contribution in [0.1, 0.15) is 21.2 Å². The second-order valence-corrected chi connectivity index (χ2v) is 9.45. The van der Waals surface area contributed by atoms with E-state index in [-0.39, 0.29) is 18.8 Å². The number of nitrogens with zero attached hydrogens (tertiary/aromatic N) is 4. The summed E-state index contributed by atoms with van der Waals surface area (Å²) in [6, 6.07) is 10.8. The third-order valence-corrected chi connectivity index (χ3v) is 6.75. The van der Waals surface area contributed by atoms with Gasteiger partial charge >= 0.3 is 5.97 Å². The number of halogens is 2. The van der Waals surface area contributed by atoms with Crippen LogP contribution < -0.4 is 4.74 Å². The van der Waals surface area contributed by atoms with Crippen LogP contribution in [0, 0.1) is 11.6 Å². The average molecular weight is 543 g/mol. The highest BCUT2D eigenvalue weighted by atomic mass is 32.2. The van der Waals surface area contributed by atoms with E-state index in [1.807, 2.05) is 0 Å². The zero-order valence-electron chi connectivity index (χ0n) is 19.4. The maximum atomic E-state index is 13.8. The number of aliphatic carboxylic acids is 1. The van der Waals surface area contributed by atoms with E-state index in [2.05, 4.69) is 15.0 Å². The van der Waals surface area contributed by atoms with Crippen molar-refractivity contribution in [2.45, 2.75) is 18.0 Å². The molecular weight excluding hydrogens is 522 g/mol. The second-order valence-electron chi connectivity index (χ2n) is 7.66. The monoisotopic (exact) mass is 542 g/mol. The van der Waals surface area contributed by atoms with Gasteiger partial charge in [0.05, 0.1) is 12.2 Å².